The summed E-state index contributed by atoms with van der Waals surface area (Å²) < 4.78 is 10.6. The number of nitrogens with zero attached hydrogens (tertiary/aromatic N) is 2. The van der Waals surface area contributed by atoms with Gasteiger partial charge in [0.05, 0.1) is 25.5 Å². The molecule has 1 aliphatic rings. The largest absolute Gasteiger partial charge is 0.493 e. The summed E-state index contributed by atoms with van der Waals surface area (Å²) in [5.41, 5.74) is 5.55. The first kappa shape index (κ1) is 14.3. The van der Waals surface area contributed by atoms with Crippen molar-refractivity contribution in [3.63, 3.8) is 0 Å². The van der Waals surface area contributed by atoms with Crippen LogP contribution in [0.25, 0.3) is 22.5 Å². The van der Waals surface area contributed by atoms with E-state index in [0.29, 0.717) is 22.9 Å². The summed E-state index contributed by atoms with van der Waals surface area (Å²) in [6.07, 6.45) is 0. The molecule has 0 bridgehead atoms. The van der Waals surface area contributed by atoms with E-state index in [9.17, 15) is 5.21 Å². The van der Waals surface area contributed by atoms with Crippen molar-refractivity contribution in [3.05, 3.63) is 53.6 Å². The first-order valence-electron chi connectivity index (χ1n) is 7.41. The van der Waals surface area contributed by atoms with Gasteiger partial charge in [-0.2, -0.15) is 5.10 Å². The number of nitrogens with one attached hydrogen (secondary N) is 1. The average Bonchev–Trinajstić information content (AvgIpc) is 3.19. The van der Waals surface area contributed by atoms with Crippen LogP contribution in [0.15, 0.2) is 47.6 Å². The zero-order valence-electron chi connectivity index (χ0n) is 13.2. The molecule has 0 amide bonds. The van der Waals surface area contributed by atoms with E-state index >= 15 is 0 Å². The molecule has 2 aromatic carbocycles. The Morgan fingerprint density at radius 2 is 1.75 bits per heavy atom. The number of hydrogen-bond acceptors (Lipinski definition) is 5. The number of aromatic nitrogens is 2. The smallest absolute Gasteiger partial charge is 0.161 e. The summed E-state index contributed by atoms with van der Waals surface area (Å²) in [5, 5.41) is 20.5. The van der Waals surface area contributed by atoms with Gasteiger partial charge in [0.2, 0.25) is 0 Å². The molecule has 24 heavy (non-hydrogen) atoms. The van der Waals surface area contributed by atoms with Gasteiger partial charge in [-0.05, 0) is 18.2 Å². The van der Waals surface area contributed by atoms with Crippen molar-refractivity contribution in [2.45, 2.75) is 0 Å². The normalized spacial score (nSPS) is 13.7. The van der Waals surface area contributed by atoms with Gasteiger partial charge in [0.15, 0.2) is 11.5 Å². The van der Waals surface area contributed by atoms with E-state index in [2.05, 4.69) is 15.4 Å². The van der Waals surface area contributed by atoms with Gasteiger partial charge in [0.1, 0.15) is 11.4 Å². The Kier molecular flexibility index (Phi) is 3.23. The second-order valence-electron chi connectivity index (χ2n) is 5.39. The van der Waals surface area contributed by atoms with Gasteiger partial charge >= 0.3 is 0 Å². The Labute approximate surface area is 138 Å². The highest BCUT2D eigenvalue weighted by Gasteiger charge is 2.31. The fraction of sp³-hybridized carbons (Fsp3) is 0.111. The highest BCUT2D eigenvalue weighted by molar-refractivity contribution is 6.26. The molecule has 1 aliphatic carbocycles. The first-order valence-corrected chi connectivity index (χ1v) is 7.41. The van der Waals surface area contributed by atoms with Crippen LogP contribution >= 0.6 is 0 Å². The molecular weight excluding hydrogens is 306 g/mol. The Balaban J connectivity index is 1.91. The summed E-state index contributed by atoms with van der Waals surface area (Å²) in [7, 11) is 3.18. The minimum atomic E-state index is 0.513. The third-order valence-corrected chi connectivity index (χ3v) is 4.21. The molecule has 0 atom stereocenters. The number of fused-ring (bicyclic) bond motifs is 3. The van der Waals surface area contributed by atoms with E-state index in [1.807, 2.05) is 42.5 Å². The molecular formula is C18H15N3O3. The number of rotatable bonds is 3. The maximum Gasteiger partial charge on any atom is 0.161 e. The average molecular weight is 321 g/mol. The molecule has 0 fully saturated rings. The summed E-state index contributed by atoms with van der Waals surface area (Å²) in [5.74, 6) is 1.26. The van der Waals surface area contributed by atoms with Crippen LogP contribution < -0.4 is 9.47 Å². The lowest BCUT2D eigenvalue weighted by atomic mass is 10.0. The van der Waals surface area contributed by atoms with Crippen LogP contribution in [0.4, 0.5) is 0 Å². The van der Waals surface area contributed by atoms with E-state index in [1.54, 1.807) is 14.2 Å². The second kappa shape index (κ2) is 5.42. The van der Waals surface area contributed by atoms with Crippen molar-refractivity contribution in [1.82, 2.24) is 10.2 Å². The predicted molar refractivity (Wildman–Crippen MR) is 90.0 cm³/mol. The molecule has 1 aromatic heterocycles. The van der Waals surface area contributed by atoms with Crippen LogP contribution in [0.5, 0.6) is 11.5 Å². The fourth-order valence-electron chi connectivity index (χ4n) is 3.11. The van der Waals surface area contributed by atoms with Gasteiger partial charge in [0.25, 0.3) is 0 Å². The van der Waals surface area contributed by atoms with E-state index in [0.717, 1.165) is 27.9 Å². The lowest BCUT2D eigenvalue weighted by molar-refractivity contribution is 0.320. The molecule has 2 N–H and O–H groups in total. The summed E-state index contributed by atoms with van der Waals surface area (Å²) >= 11 is 0. The maximum atomic E-state index is 9.53. The molecule has 0 spiro atoms. The van der Waals surface area contributed by atoms with E-state index in [-0.39, 0.29) is 0 Å². The minimum Gasteiger partial charge on any atom is -0.493 e. The third kappa shape index (κ3) is 1.89. The summed E-state index contributed by atoms with van der Waals surface area (Å²) in [6, 6.07) is 13.3. The monoisotopic (exact) mass is 321 g/mol. The molecule has 120 valence electrons. The summed E-state index contributed by atoms with van der Waals surface area (Å²) in [6.45, 7) is 0. The van der Waals surface area contributed by atoms with Crippen molar-refractivity contribution in [2.75, 3.05) is 14.2 Å². The quantitative estimate of drug-likeness (QED) is 0.448. The zero-order chi connectivity index (χ0) is 16.7. The van der Waals surface area contributed by atoms with Gasteiger partial charge < -0.3 is 14.7 Å². The molecule has 0 aliphatic heterocycles. The Morgan fingerprint density at radius 1 is 1.00 bits per heavy atom. The lowest BCUT2D eigenvalue weighted by Crippen LogP contribution is -2.00. The van der Waals surface area contributed by atoms with Gasteiger partial charge in [0, 0.05) is 16.7 Å². The van der Waals surface area contributed by atoms with Crippen molar-refractivity contribution >= 4 is 5.71 Å². The third-order valence-electron chi connectivity index (χ3n) is 4.21. The van der Waals surface area contributed by atoms with Crippen LogP contribution in [0, 0.1) is 0 Å². The fourth-order valence-corrected chi connectivity index (χ4v) is 3.11. The SMILES string of the molecule is COc1ccc(-c2n[nH]c3c2/C(=N/O)c2ccccc2-3)cc1OC. The van der Waals surface area contributed by atoms with Gasteiger partial charge in [-0.3, -0.25) is 5.10 Å². The molecule has 0 saturated heterocycles. The summed E-state index contributed by atoms with van der Waals surface area (Å²) in [4.78, 5) is 0. The number of ether oxygens (including phenoxy) is 2. The maximum absolute atomic E-state index is 9.53. The lowest BCUT2D eigenvalue weighted by Gasteiger charge is -2.09. The van der Waals surface area contributed by atoms with Crippen LogP contribution in [0.2, 0.25) is 0 Å². The number of methoxy groups -OCH3 is 2. The zero-order valence-corrected chi connectivity index (χ0v) is 13.2. The van der Waals surface area contributed by atoms with Crippen molar-refractivity contribution in [1.29, 1.82) is 0 Å². The van der Waals surface area contributed by atoms with E-state index in [1.165, 1.54) is 0 Å². The Hall–Kier alpha value is -3.28. The van der Waals surface area contributed by atoms with Crippen molar-refractivity contribution in [2.24, 2.45) is 5.16 Å². The van der Waals surface area contributed by atoms with Gasteiger partial charge in [-0.25, -0.2) is 0 Å². The van der Waals surface area contributed by atoms with E-state index < -0.39 is 0 Å². The number of aromatic amines is 1. The molecule has 4 rings (SSSR count). The van der Waals surface area contributed by atoms with E-state index in [4.69, 9.17) is 9.47 Å². The van der Waals surface area contributed by atoms with Gasteiger partial charge in [-0.15, -0.1) is 0 Å². The molecule has 0 saturated carbocycles. The predicted octanol–water partition coefficient (Wildman–Crippen LogP) is 3.30. The molecule has 0 radical (unpaired) electrons. The van der Waals surface area contributed by atoms with Crippen LogP contribution in [0.1, 0.15) is 11.1 Å². The Morgan fingerprint density at radius 3 is 2.46 bits per heavy atom. The minimum absolute atomic E-state index is 0.513. The van der Waals surface area contributed by atoms with Crippen LogP contribution in [-0.2, 0) is 0 Å². The van der Waals surface area contributed by atoms with Crippen molar-refractivity contribution in [3.8, 4) is 34.0 Å². The van der Waals surface area contributed by atoms with Gasteiger partial charge in [-0.1, -0.05) is 29.4 Å². The number of hydrogen-bond donors (Lipinski definition) is 2. The first-order chi connectivity index (χ1) is 11.8. The standard InChI is InChI=1S/C18H15N3O3/c1-23-13-8-7-10(9-14(13)24-2)16-15-17(20-19-16)11-5-3-4-6-12(11)18(15)21-22/h3-9,22H,1-2H3,(H,19,20)/b21-18+. The molecule has 3 aromatic rings. The second-order valence-corrected chi connectivity index (χ2v) is 5.39. The van der Waals surface area contributed by atoms with Crippen LogP contribution in [-0.4, -0.2) is 35.3 Å². The Bertz CT molecular complexity index is 960. The van der Waals surface area contributed by atoms with Crippen molar-refractivity contribution < 1.29 is 14.7 Å². The molecule has 6 heteroatoms. The highest BCUT2D eigenvalue weighted by Crippen LogP contribution is 2.41. The molecule has 6 nitrogen and oxygen atoms in total. The molecule has 1 heterocycles. The topological polar surface area (TPSA) is 79.7 Å². The number of oxime groups is 1. The molecule has 0 unspecified atom stereocenters. The number of H-pyrrole nitrogens is 1. The van der Waals surface area contributed by atoms with Crippen LogP contribution in [0.3, 0.4) is 0 Å². The number of benzene rings is 2. The highest BCUT2D eigenvalue weighted by atomic mass is 16.5.